The molecule has 0 aliphatic rings. The van der Waals surface area contributed by atoms with Crippen LogP contribution >= 0.6 is 11.3 Å². The molecule has 0 saturated heterocycles. The summed E-state index contributed by atoms with van der Waals surface area (Å²) in [5, 5.41) is 5.03. The van der Waals surface area contributed by atoms with Gasteiger partial charge in [0.25, 0.3) is 0 Å². The Morgan fingerprint density at radius 2 is 1.77 bits per heavy atom. The molecule has 5 aromatic rings. The van der Waals surface area contributed by atoms with Gasteiger partial charge in [-0.15, -0.1) is 11.3 Å². The van der Waals surface area contributed by atoms with E-state index in [9.17, 15) is 0 Å². The molecule has 0 saturated carbocycles. The predicted molar refractivity (Wildman–Crippen MR) is 153 cm³/mol. The second-order valence-electron chi connectivity index (χ2n) is 10.7. The van der Waals surface area contributed by atoms with Gasteiger partial charge in [0.2, 0.25) is 0 Å². The van der Waals surface area contributed by atoms with E-state index in [4.69, 9.17) is 9.72 Å². The standard InChI is InChI=1S/C32H33NOS/c1-7-23(16-20(2)3)34-24-12-13-26-29(19-24)35-28-14-15-33-31(30(26)28)22-17-21-10-8-9-11-25(21)27(18-22)32(4,5)6/h7-15,17-20H,16H2,1-6H3/b23-7+. The van der Waals surface area contributed by atoms with Crippen LogP contribution in [0.4, 0.5) is 0 Å². The van der Waals surface area contributed by atoms with Crippen molar-refractivity contribution in [1.29, 1.82) is 0 Å². The molecule has 0 fully saturated rings. The van der Waals surface area contributed by atoms with Crippen molar-refractivity contribution in [3.63, 3.8) is 0 Å². The third-order valence-electron chi connectivity index (χ3n) is 6.48. The Kier molecular flexibility index (Phi) is 6.14. The van der Waals surface area contributed by atoms with Crippen LogP contribution in [-0.2, 0) is 5.41 Å². The molecule has 0 unspecified atom stereocenters. The minimum absolute atomic E-state index is 0.0347. The van der Waals surface area contributed by atoms with Crippen molar-refractivity contribution in [3.05, 3.63) is 84.3 Å². The van der Waals surface area contributed by atoms with Gasteiger partial charge in [-0.3, -0.25) is 4.98 Å². The molecule has 0 aliphatic carbocycles. The van der Waals surface area contributed by atoms with Crippen molar-refractivity contribution >= 4 is 42.3 Å². The highest BCUT2D eigenvalue weighted by Crippen LogP contribution is 2.42. The van der Waals surface area contributed by atoms with Gasteiger partial charge in [0.15, 0.2) is 0 Å². The molecule has 0 spiro atoms. The molecule has 178 valence electrons. The summed E-state index contributed by atoms with van der Waals surface area (Å²) < 4.78 is 8.72. The molecule has 3 aromatic carbocycles. The van der Waals surface area contributed by atoms with Crippen LogP contribution in [0, 0.1) is 5.92 Å². The van der Waals surface area contributed by atoms with Crippen molar-refractivity contribution in [2.45, 2.75) is 53.4 Å². The molecule has 0 aliphatic heterocycles. The van der Waals surface area contributed by atoms with Gasteiger partial charge in [-0.1, -0.05) is 58.9 Å². The minimum atomic E-state index is 0.0347. The van der Waals surface area contributed by atoms with E-state index in [1.807, 2.05) is 24.5 Å². The van der Waals surface area contributed by atoms with E-state index in [1.54, 1.807) is 0 Å². The lowest BCUT2D eigenvalue weighted by Crippen LogP contribution is -2.12. The lowest BCUT2D eigenvalue weighted by Gasteiger charge is -2.23. The van der Waals surface area contributed by atoms with Crippen molar-refractivity contribution in [2.75, 3.05) is 0 Å². The first-order chi connectivity index (χ1) is 16.7. The number of pyridine rings is 1. The maximum atomic E-state index is 6.25. The average molecular weight is 480 g/mol. The fourth-order valence-electron chi connectivity index (χ4n) is 4.82. The van der Waals surface area contributed by atoms with Crippen molar-refractivity contribution in [3.8, 4) is 17.0 Å². The Morgan fingerprint density at radius 3 is 2.51 bits per heavy atom. The first-order valence-electron chi connectivity index (χ1n) is 12.4. The molecule has 2 aromatic heterocycles. The van der Waals surface area contributed by atoms with Crippen molar-refractivity contribution in [1.82, 2.24) is 4.98 Å². The molecule has 0 bridgehead atoms. The number of hydrogen-bond donors (Lipinski definition) is 0. The number of hydrogen-bond acceptors (Lipinski definition) is 3. The van der Waals surface area contributed by atoms with Crippen molar-refractivity contribution < 1.29 is 4.74 Å². The van der Waals surface area contributed by atoms with Crippen LogP contribution in [0.5, 0.6) is 5.75 Å². The Labute approximate surface area is 212 Å². The summed E-state index contributed by atoms with van der Waals surface area (Å²) >= 11 is 1.81. The highest BCUT2D eigenvalue weighted by atomic mass is 32.1. The Hall–Kier alpha value is -3.17. The van der Waals surface area contributed by atoms with Gasteiger partial charge >= 0.3 is 0 Å². The maximum Gasteiger partial charge on any atom is 0.128 e. The topological polar surface area (TPSA) is 22.1 Å². The first-order valence-corrected chi connectivity index (χ1v) is 13.2. The Bertz CT molecular complexity index is 1570. The molecule has 2 nitrogen and oxygen atoms in total. The van der Waals surface area contributed by atoms with Gasteiger partial charge in [-0.05, 0) is 77.1 Å². The summed E-state index contributed by atoms with van der Waals surface area (Å²) in [6, 6.07) is 21.9. The molecular weight excluding hydrogens is 446 g/mol. The summed E-state index contributed by atoms with van der Waals surface area (Å²) in [5.74, 6) is 2.48. The third-order valence-corrected chi connectivity index (χ3v) is 7.60. The third kappa shape index (κ3) is 4.58. The number of ether oxygens (including phenoxy) is 1. The molecule has 0 N–H and O–H groups in total. The van der Waals surface area contributed by atoms with Gasteiger partial charge < -0.3 is 4.74 Å². The van der Waals surface area contributed by atoms with Gasteiger partial charge in [-0.25, -0.2) is 0 Å². The fourth-order valence-corrected chi connectivity index (χ4v) is 5.95. The molecule has 5 rings (SSSR count). The molecule has 0 atom stereocenters. The van der Waals surface area contributed by atoms with Crippen LogP contribution in [0.2, 0.25) is 0 Å². The summed E-state index contributed by atoms with van der Waals surface area (Å²) in [5.41, 5.74) is 3.61. The highest BCUT2D eigenvalue weighted by Gasteiger charge is 2.20. The van der Waals surface area contributed by atoms with E-state index in [1.165, 1.54) is 42.1 Å². The smallest absolute Gasteiger partial charge is 0.128 e. The predicted octanol–water partition coefficient (Wildman–Crippen LogP) is 9.90. The van der Waals surface area contributed by atoms with Crippen LogP contribution in [0.1, 0.15) is 53.5 Å². The number of nitrogens with zero attached hydrogens (tertiary/aromatic N) is 1. The van der Waals surface area contributed by atoms with Gasteiger partial charge in [0, 0.05) is 38.4 Å². The Balaban J connectivity index is 1.67. The van der Waals surface area contributed by atoms with Crippen molar-refractivity contribution in [2.24, 2.45) is 5.92 Å². The first kappa shape index (κ1) is 23.6. The number of allylic oxidation sites excluding steroid dienone is 2. The van der Waals surface area contributed by atoms with Gasteiger partial charge in [0.1, 0.15) is 11.5 Å². The molecule has 35 heavy (non-hydrogen) atoms. The normalized spacial score (nSPS) is 12.8. The van der Waals surface area contributed by atoms with Crippen LogP contribution in [-0.4, -0.2) is 4.98 Å². The number of fused-ring (bicyclic) bond motifs is 4. The second-order valence-corrected chi connectivity index (χ2v) is 11.8. The van der Waals surface area contributed by atoms with Gasteiger partial charge in [-0.2, -0.15) is 0 Å². The van der Waals surface area contributed by atoms with Crippen LogP contribution in [0.15, 0.2) is 78.7 Å². The zero-order chi connectivity index (χ0) is 24.7. The molecule has 3 heteroatoms. The summed E-state index contributed by atoms with van der Waals surface area (Å²) in [7, 11) is 0. The molecule has 2 heterocycles. The maximum absolute atomic E-state index is 6.25. The van der Waals surface area contributed by atoms with E-state index in [0.29, 0.717) is 5.92 Å². The van der Waals surface area contributed by atoms with Crippen LogP contribution in [0.3, 0.4) is 0 Å². The molecular formula is C32H33NOS. The van der Waals surface area contributed by atoms with E-state index >= 15 is 0 Å². The zero-order valence-corrected chi connectivity index (χ0v) is 22.3. The van der Waals surface area contributed by atoms with E-state index in [0.717, 1.165) is 23.6 Å². The van der Waals surface area contributed by atoms with Crippen LogP contribution in [0.25, 0.3) is 42.2 Å². The van der Waals surface area contributed by atoms with E-state index < -0.39 is 0 Å². The SMILES string of the molecule is C/C=C(\CC(C)C)Oc1ccc2c(c1)sc1ccnc(-c3cc(C(C)(C)C)c4ccccc4c3)c12. The lowest BCUT2D eigenvalue weighted by atomic mass is 9.82. The second kappa shape index (κ2) is 9.13. The monoisotopic (exact) mass is 479 g/mol. The molecule has 0 radical (unpaired) electrons. The highest BCUT2D eigenvalue weighted by molar-refractivity contribution is 7.25. The number of thiophene rings is 1. The lowest BCUT2D eigenvalue weighted by molar-refractivity contribution is 0.379. The average Bonchev–Trinajstić information content (AvgIpc) is 3.20. The summed E-state index contributed by atoms with van der Waals surface area (Å²) in [6.07, 6.45) is 4.95. The van der Waals surface area contributed by atoms with E-state index in [-0.39, 0.29) is 5.41 Å². The quantitative estimate of drug-likeness (QED) is 0.234. The minimum Gasteiger partial charge on any atom is -0.462 e. The number of rotatable bonds is 5. The fraction of sp³-hybridized carbons (Fsp3) is 0.281. The summed E-state index contributed by atoms with van der Waals surface area (Å²) in [6.45, 7) is 13.3. The Morgan fingerprint density at radius 1 is 0.971 bits per heavy atom. The number of aromatic nitrogens is 1. The van der Waals surface area contributed by atoms with Gasteiger partial charge in [0.05, 0.1) is 5.69 Å². The zero-order valence-electron chi connectivity index (χ0n) is 21.5. The van der Waals surface area contributed by atoms with E-state index in [2.05, 4.69) is 101 Å². The summed E-state index contributed by atoms with van der Waals surface area (Å²) in [4.78, 5) is 4.91. The molecule has 0 amide bonds. The largest absolute Gasteiger partial charge is 0.462 e. The van der Waals surface area contributed by atoms with Crippen LogP contribution < -0.4 is 4.74 Å². The number of benzene rings is 3.